The maximum Gasteiger partial charge on any atom is 0.311 e. The fourth-order valence-corrected chi connectivity index (χ4v) is 1.58. The van der Waals surface area contributed by atoms with Crippen LogP contribution in [0.25, 0.3) is 0 Å². The summed E-state index contributed by atoms with van der Waals surface area (Å²) in [6.45, 7) is 4.02. The first-order valence-electron chi connectivity index (χ1n) is 5.99. The smallest absolute Gasteiger partial charge is 0.311 e. The number of nitrogens with zero attached hydrogens (tertiary/aromatic N) is 1. The van der Waals surface area contributed by atoms with Crippen molar-refractivity contribution in [2.75, 3.05) is 19.7 Å². The Kier molecular flexibility index (Phi) is 3.99. The summed E-state index contributed by atoms with van der Waals surface area (Å²) in [4.78, 5) is 10.4. The average molecular weight is 252 g/mol. The second kappa shape index (κ2) is 5.68. The molecule has 6 nitrogen and oxygen atoms in total. The van der Waals surface area contributed by atoms with Crippen LogP contribution < -0.4 is 14.8 Å². The minimum Gasteiger partial charge on any atom is -0.488 e. The molecule has 0 amide bonds. The quantitative estimate of drug-likeness (QED) is 0.616. The molecule has 1 fully saturated rings. The van der Waals surface area contributed by atoms with Crippen molar-refractivity contribution in [3.05, 3.63) is 28.3 Å². The maximum atomic E-state index is 10.9. The molecular formula is C12H16N2O4. The van der Waals surface area contributed by atoms with Gasteiger partial charge in [0.25, 0.3) is 0 Å². The average Bonchev–Trinajstić information content (AvgIpc) is 2.31. The highest BCUT2D eigenvalue weighted by molar-refractivity contribution is 5.50. The van der Waals surface area contributed by atoms with Gasteiger partial charge in [0.05, 0.1) is 11.5 Å². The Hall–Kier alpha value is -1.82. The SMILES string of the molecule is CCCOc1cc(OC2CNC2)ccc1[N+](=O)[O-]. The second-order valence-corrected chi connectivity index (χ2v) is 4.13. The van der Waals surface area contributed by atoms with Gasteiger partial charge in [0.2, 0.25) is 5.75 Å². The van der Waals surface area contributed by atoms with E-state index in [1.807, 2.05) is 6.92 Å². The van der Waals surface area contributed by atoms with Crippen molar-refractivity contribution in [2.45, 2.75) is 19.4 Å². The lowest BCUT2D eigenvalue weighted by molar-refractivity contribution is -0.385. The highest BCUT2D eigenvalue weighted by Crippen LogP contribution is 2.31. The molecule has 2 rings (SSSR count). The third-order valence-electron chi connectivity index (χ3n) is 2.64. The molecule has 0 unspecified atom stereocenters. The number of benzene rings is 1. The molecular weight excluding hydrogens is 236 g/mol. The van der Waals surface area contributed by atoms with Crippen LogP contribution in [0, 0.1) is 10.1 Å². The van der Waals surface area contributed by atoms with Gasteiger partial charge in [-0.1, -0.05) is 6.92 Å². The predicted octanol–water partition coefficient (Wildman–Crippen LogP) is 1.73. The van der Waals surface area contributed by atoms with E-state index in [1.54, 1.807) is 12.1 Å². The van der Waals surface area contributed by atoms with Crippen LogP contribution in [0.1, 0.15) is 13.3 Å². The zero-order valence-corrected chi connectivity index (χ0v) is 10.2. The van der Waals surface area contributed by atoms with Crippen LogP contribution in [0.4, 0.5) is 5.69 Å². The van der Waals surface area contributed by atoms with Gasteiger partial charge in [-0.2, -0.15) is 0 Å². The topological polar surface area (TPSA) is 73.6 Å². The Morgan fingerprint density at radius 2 is 2.28 bits per heavy atom. The summed E-state index contributed by atoms with van der Waals surface area (Å²) in [6, 6.07) is 4.62. The predicted molar refractivity (Wildman–Crippen MR) is 66.2 cm³/mol. The number of nitro groups is 1. The summed E-state index contributed by atoms with van der Waals surface area (Å²) in [6.07, 6.45) is 0.944. The minimum atomic E-state index is -0.445. The van der Waals surface area contributed by atoms with Gasteiger partial charge in [0, 0.05) is 25.2 Å². The van der Waals surface area contributed by atoms with Crippen LogP contribution in [0.2, 0.25) is 0 Å². The Morgan fingerprint density at radius 1 is 1.50 bits per heavy atom. The van der Waals surface area contributed by atoms with E-state index in [0.717, 1.165) is 19.5 Å². The van der Waals surface area contributed by atoms with E-state index in [0.29, 0.717) is 12.4 Å². The van der Waals surface area contributed by atoms with Gasteiger partial charge in [-0.3, -0.25) is 10.1 Å². The molecule has 0 bridgehead atoms. The largest absolute Gasteiger partial charge is 0.488 e. The number of rotatable bonds is 6. The van der Waals surface area contributed by atoms with Crippen molar-refractivity contribution in [3.63, 3.8) is 0 Å². The molecule has 1 N–H and O–H groups in total. The highest BCUT2D eigenvalue weighted by atomic mass is 16.6. The summed E-state index contributed by atoms with van der Waals surface area (Å²) >= 11 is 0. The molecule has 1 aliphatic rings. The number of hydrogen-bond acceptors (Lipinski definition) is 5. The summed E-state index contributed by atoms with van der Waals surface area (Å²) in [5.41, 5.74) is -0.0254. The molecule has 0 radical (unpaired) electrons. The molecule has 0 spiro atoms. The first-order chi connectivity index (χ1) is 8.70. The summed E-state index contributed by atoms with van der Waals surface area (Å²) in [7, 11) is 0. The molecule has 1 aliphatic heterocycles. The first-order valence-corrected chi connectivity index (χ1v) is 5.99. The fourth-order valence-electron chi connectivity index (χ4n) is 1.58. The monoisotopic (exact) mass is 252 g/mol. The van der Waals surface area contributed by atoms with E-state index in [2.05, 4.69) is 5.32 Å². The van der Waals surface area contributed by atoms with Crippen molar-refractivity contribution in [1.29, 1.82) is 0 Å². The van der Waals surface area contributed by atoms with E-state index in [4.69, 9.17) is 9.47 Å². The standard InChI is InChI=1S/C12H16N2O4/c1-2-5-17-12-6-9(18-10-7-13-8-10)3-4-11(12)14(15)16/h3-4,6,10,13H,2,5,7-8H2,1H3. The van der Waals surface area contributed by atoms with E-state index >= 15 is 0 Å². The molecule has 1 aromatic carbocycles. The lowest BCUT2D eigenvalue weighted by Crippen LogP contribution is -2.50. The zero-order chi connectivity index (χ0) is 13.0. The number of nitro benzene ring substituents is 1. The van der Waals surface area contributed by atoms with Crippen molar-refractivity contribution < 1.29 is 14.4 Å². The first kappa shape index (κ1) is 12.6. The molecule has 0 aliphatic carbocycles. The molecule has 0 aromatic heterocycles. The Balaban J connectivity index is 2.14. The van der Waals surface area contributed by atoms with Gasteiger partial charge < -0.3 is 14.8 Å². The molecule has 1 heterocycles. The minimum absolute atomic E-state index is 0.0254. The molecule has 1 aromatic rings. The van der Waals surface area contributed by atoms with Crippen LogP contribution >= 0.6 is 0 Å². The summed E-state index contributed by atoms with van der Waals surface area (Å²) in [5.74, 6) is 0.879. The Bertz CT molecular complexity index is 432. The van der Waals surface area contributed by atoms with E-state index in [1.165, 1.54) is 6.07 Å². The Morgan fingerprint density at radius 3 is 2.83 bits per heavy atom. The summed E-state index contributed by atoms with van der Waals surface area (Å²) < 4.78 is 11.0. The number of ether oxygens (including phenoxy) is 2. The van der Waals surface area contributed by atoms with E-state index in [9.17, 15) is 10.1 Å². The molecule has 18 heavy (non-hydrogen) atoms. The Labute approximate surface area is 105 Å². The van der Waals surface area contributed by atoms with Gasteiger partial charge in [-0.05, 0) is 12.5 Å². The highest BCUT2D eigenvalue weighted by Gasteiger charge is 2.21. The summed E-state index contributed by atoms with van der Waals surface area (Å²) in [5, 5.41) is 14.0. The van der Waals surface area contributed by atoms with Gasteiger partial charge in [0.15, 0.2) is 0 Å². The van der Waals surface area contributed by atoms with Gasteiger partial charge >= 0.3 is 5.69 Å². The van der Waals surface area contributed by atoms with Gasteiger partial charge in [0.1, 0.15) is 11.9 Å². The van der Waals surface area contributed by atoms with Gasteiger partial charge in [-0.15, -0.1) is 0 Å². The van der Waals surface area contributed by atoms with E-state index < -0.39 is 4.92 Å². The van der Waals surface area contributed by atoms with Crippen molar-refractivity contribution in [1.82, 2.24) is 5.32 Å². The molecule has 0 saturated carbocycles. The van der Waals surface area contributed by atoms with Crippen molar-refractivity contribution >= 4 is 5.69 Å². The van der Waals surface area contributed by atoms with Crippen molar-refractivity contribution in [2.24, 2.45) is 0 Å². The van der Waals surface area contributed by atoms with Crippen LogP contribution in [0.3, 0.4) is 0 Å². The van der Waals surface area contributed by atoms with Crippen LogP contribution in [-0.4, -0.2) is 30.7 Å². The van der Waals surface area contributed by atoms with Gasteiger partial charge in [-0.25, -0.2) is 0 Å². The second-order valence-electron chi connectivity index (χ2n) is 4.13. The lowest BCUT2D eigenvalue weighted by atomic mass is 10.2. The normalized spacial score (nSPS) is 14.9. The van der Waals surface area contributed by atoms with Crippen LogP contribution in [-0.2, 0) is 0 Å². The number of nitrogens with one attached hydrogen (secondary N) is 1. The zero-order valence-electron chi connectivity index (χ0n) is 10.2. The fraction of sp³-hybridized carbons (Fsp3) is 0.500. The lowest BCUT2D eigenvalue weighted by Gasteiger charge is -2.27. The van der Waals surface area contributed by atoms with Crippen LogP contribution in [0.15, 0.2) is 18.2 Å². The van der Waals surface area contributed by atoms with Crippen LogP contribution in [0.5, 0.6) is 11.5 Å². The number of hydrogen-bond donors (Lipinski definition) is 1. The molecule has 98 valence electrons. The van der Waals surface area contributed by atoms with E-state index in [-0.39, 0.29) is 17.5 Å². The molecule has 0 atom stereocenters. The molecule has 1 saturated heterocycles. The molecule has 6 heteroatoms. The third-order valence-corrected chi connectivity index (χ3v) is 2.64. The third kappa shape index (κ3) is 2.89. The van der Waals surface area contributed by atoms with Crippen molar-refractivity contribution in [3.8, 4) is 11.5 Å². The maximum absolute atomic E-state index is 10.9.